The Labute approximate surface area is 171 Å². The zero-order valence-electron chi connectivity index (χ0n) is 16.8. The topological polar surface area (TPSA) is 62.2 Å². The fourth-order valence-corrected chi connectivity index (χ4v) is 4.09. The summed E-state index contributed by atoms with van der Waals surface area (Å²) in [6.07, 6.45) is 0.392. The highest BCUT2D eigenvalue weighted by atomic mass is 16.5. The molecule has 0 bridgehead atoms. The average Bonchev–Trinajstić information content (AvgIpc) is 2.87. The van der Waals surface area contributed by atoms with Gasteiger partial charge in [0.1, 0.15) is 18.1 Å². The van der Waals surface area contributed by atoms with Crippen LogP contribution >= 0.6 is 0 Å². The van der Waals surface area contributed by atoms with Gasteiger partial charge in [0.2, 0.25) is 0 Å². The first-order valence-corrected chi connectivity index (χ1v) is 10.3. The number of amides is 1. The Morgan fingerprint density at radius 1 is 1.14 bits per heavy atom. The lowest BCUT2D eigenvalue weighted by molar-refractivity contribution is 0.0501. The molecule has 0 radical (unpaired) electrons. The predicted octanol–water partition coefficient (Wildman–Crippen LogP) is 2.34. The molecule has 0 saturated heterocycles. The van der Waals surface area contributed by atoms with Gasteiger partial charge in [0.15, 0.2) is 0 Å². The molecule has 2 aliphatic heterocycles. The Hall–Kier alpha value is -2.57. The lowest BCUT2D eigenvalue weighted by atomic mass is 10.00. The summed E-state index contributed by atoms with van der Waals surface area (Å²) in [7, 11) is 0. The number of rotatable bonds is 6. The van der Waals surface area contributed by atoms with Gasteiger partial charge in [-0.2, -0.15) is 0 Å². The molecule has 1 N–H and O–H groups in total. The Bertz CT molecular complexity index is 870. The van der Waals surface area contributed by atoms with Crippen LogP contribution in [0.3, 0.4) is 0 Å². The molecule has 2 aliphatic rings. The van der Waals surface area contributed by atoms with Crippen LogP contribution in [-0.2, 0) is 13.0 Å². The molecule has 4 rings (SSSR count). The van der Waals surface area contributed by atoms with Crippen LogP contribution in [-0.4, -0.2) is 66.3 Å². The van der Waals surface area contributed by atoms with Crippen LogP contribution in [0.1, 0.15) is 28.4 Å². The molecule has 0 unspecified atom stereocenters. The largest absolute Gasteiger partial charge is 0.494 e. The third kappa shape index (κ3) is 4.54. The first-order chi connectivity index (χ1) is 14.1. The summed E-state index contributed by atoms with van der Waals surface area (Å²) in [4.78, 5) is 16.9. The Morgan fingerprint density at radius 3 is 2.79 bits per heavy atom. The van der Waals surface area contributed by atoms with Crippen molar-refractivity contribution >= 4 is 5.91 Å². The maximum Gasteiger partial charge on any atom is 0.257 e. The molecule has 0 aliphatic carbocycles. The highest BCUT2D eigenvalue weighted by Crippen LogP contribution is 2.28. The fourth-order valence-electron chi connectivity index (χ4n) is 4.09. The molecule has 0 saturated carbocycles. The van der Waals surface area contributed by atoms with Gasteiger partial charge >= 0.3 is 0 Å². The van der Waals surface area contributed by atoms with E-state index in [0.717, 1.165) is 19.5 Å². The van der Waals surface area contributed by atoms with Gasteiger partial charge in [0.25, 0.3) is 5.91 Å². The van der Waals surface area contributed by atoms with E-state index in [4.69, 9.17) is 9.47 Å². The molecule has 29 heavy (non-hydrogen) atoms. The molecule has 0 aromatic heterocycles. The van der Waals surface area contributed by atoms with Crippen LogP contribution in [0.2, 0.25) is 0 Å². The van der Waals surface area contributed by atoms with E-state index in [9.17, 15) is 9.90 Å². The maximum absolute atomic E-state index is 13.0. The minimum Gasteiger partial charge on any atom is -0.494 e. The second kappa shape index (κ2) is 8.84. The van der Waals surface area contributed by atoms with Crippen LogP contribution in [0.15, 0.2) is 42.5 Å². The Balaban J connectivity index is 1.38. The zero-order chi connectivity index (χ0) is 20.2. The number of hydrogen-bond donors (Lipinski definition) is 1. The van der Waals surface area contributed by atoms with Crippen molar-refractivity contribution in [2.24, 2.45) is 0 Å². The van der Waals surface area contributed by atoms with E-state index >= 15 is 0 Å². The van der Waals surface area contributed by atoms with Crippen molar-refractivity contribution in [2.75, 3.05) is 39.4 Å². The molecule has 0 spiro atoms. The summed E-state index contributed by atoms with van der Waals surface area (Å²) in [5, 5.41) is 10.7. The minimum absolute atomic E-state index is 0.108. The highest BCUT2D eigenvalue weighted by molar-refractivity contribution is 5.97. The van der Waals surface area contributed by atoms with Gasteiger partial charge in [-0.25, -0.2) is 0 Å². The summed E-state index contributed by atoms with van der Waals surface area (Å²) < 4.78 is 11.3. The average molecular weight is 396 g/mol. The van der Waals surface area contributed by atoms with Crippen LogP contribution in [0, 0.1) is 0 Å². The van der Waals surface area contributed by atoms with E-state index in [1.165, 1.54) is 11.1 Å². The van der Waals surface area contributed by atoms with Gasteiger partial charge in [-0.1, -0.05) is 24.3 Å². The van der Waals surface area contributed by atoms with Gasteiger partial charge in [0.05, 0.1) is 24.8 Å². The normalized spacial score (nSPS) is 17.7. The molecular formula is C23H28N2O4. The summed E-state index contributed by atoms with van der Waals surface area (Å²) in [6.45, 7) is 5.95. The standard InChI is InChI=1S/C23H28N2O4/c1-2-28-20-7-8-21-22(13-20)29-12-11-25(23(21)27)16-19(26)15-24-10-9-17-5-3-4-6-18(17)14-24/h3-8,13,19,26H,2,9-12,14-16H2,1H3/t19-/m1/s1. The number of aliphatic hydroxyl groups excluding tert-OH is 1. The number of carbonyl (C=O) groups is 1. The summed E-state index contributed by atoms with van der Waals surface area (Å²) in [6, 6.07) is 13.8. The SMILES string of the molecule is CCOc1ccc2c(c1)OCCN(C[C@H](O)CN1CCc3ccccc3C1)C2=O. The highest BCUT2D eigenvalue weighted by Gasteiger charge is 2.27. The third-order valence-electron chi connectivity index (χ3n) is 5.51. The van der Waals surface area contributed by atoms with E-state index in [-0.39, 0.29) is 5.91 Å². The first kappa shape index (κ1) is 19.7. The summed E-state index contributed by atoms with van der Waals surface area (Å²) in [5.41, 5.74) is 3.23. The van der Waals surface area contributed by atoms with E-state index in [0.29, 0.717) is 49.9 Å². The zero-order valence-corrected chi connectivity index (χ0v) is 16.8. The number of fused-ring (bicyclic) bond motifs is 2. The molecule has 0 fully saturated rings. The number of hydrogen-bond acceptors (Lipinski definition) is 5. The van der Waals surface area contributed by atoms with Crippen molar-refractivity contribution in [1.29, 1.82) is 0 Å². The lowest BCUT2D eigenvalue weighted by Crippen LogP contribution is -2.44. The molecule has 2 heterocycles. The van der Waals surface area contributed by atoms with Gasteiger partial charge < -0.3 is 19.5 Å². The fraction of sp³-hybridized carbons (Fsp3) is 0.435. The first-order valence-electron chi connectivity index (χ1n) is 10.3. The van der Waals surface area contributed by atoms with Crippen LogP contribution in [0.25, 0.3) is 0 Å². The molecule has 2 aromatic carbocycles. The van der Waals surface area contributed by atoms with Crippen molar-refractivity contribution in [3.63, 3.8) is 0 Å². The second-order valence-electron chi connectivity index (χ2n) is 7.60. The Morgan fingerprint density at radius 2 is 1.97 bits per heavy atom. The van der Waals surface area contributed by atoms with E-state index in [1.807, 2.05) is 6.92 Å². The number of benzene rings is 2. The second-order valence-corrected chi connectivity index (χ2v) is 7.60. The van der Waals surface area contributed by atoms with Crippen molar-refractivity contribution in [2.45, 2.75) is 26.0 Å². The van der Waals surface area contributed by atoms with Crippen molar-refractivity contribution in [3.05, 3.63) is 59.2 Å². The number of nitrogens with zero attached hydrogens (tertiary/aromatic N) is 2. The molecule has 1 atom stereocenters. The number of carbonyl (C=O) groups excluding carboxylic acids is 1. The van der Waals surface area contributed by atoms with E-state index < -0.39 is 6.10 Å². The number of aliphatic hydroxyl groups is 1. The summed E-state index contributed by atoms with van der Waals surface area (Å²) in [5.74, 6) is 1.13. The Kier molecular flexibility index (Phi) is 6.02. The maximum atomic E-state index is 13.0. The molecular weight excluding hydrogens is 368 g/mol. The molecule has 6 nitrogen and oxygen atoms in total. The minimum atomic E-state index is -0.603. The third-order valence-corrected chi connectivity index (χ3v) is 5.51. The van der Waals surface area contributed by atoms with Crippen molar-refractivity contribution in [3.8, 4) is 11.5 Å². The van der Waals surface area contributed by atoms with E-state index in [1.54, 1.807) is 23.1 Å². The van der Waals surface area contributed by atoms with Crippen LogP contribution < -0.4 is 9.47 Å². The van der Waals surface area contributed by atoms with E-state index in [2.05, 4.69) is 29.2 Å². The quantitative estimate of drug-likeness (QED) is 0.812. The van der Waals surface area contributed by atoms with Gasteiger partial charge in [-0.15, -0.1) is 0 Å². The van der Waals surface area contributed by atoms with Gasteiger partial charge in [0, 0.05) is 32.2 Å². The molecule has 6 heteroatoms. The van der Waals surface area contributed by atoms with Crippen molar-refractivity contribution in [1.82, 2.24) is 9.80 Å². The monoisotopic (exact) mass is 396 g/mol. The number of ether oxygens (including phenoxy) is 2. The lowest BCUT2D eigenvalue weighted by Gasteiger charge is -2.32. The van der Waals surface area contributed by atoms with Gasteiger partial charge in [-0.05, 0) is 36.6 Å². The molecule has 154 valence electrons. The van der Waals surface area contributed by atoms with Crippen LogP contribution in [0.5, 0.6) is 11.5 Å². The smallest absolute Gasteiger partial charge is 0.257 e. The predicted molar refractivity (Wildman–Crippen MR) is 110 cm³/mol. The number of β-amino-alcohol motifs (C(OH)–C–C–N with tert-alkyl or cyclic N) is 1. The molecule has 2 aromatic rings. The van der Waals surface area contributed by atoms with Gasteiger partial charge in [-0.3, -0.25) is 9.69 Å². The van der Waals surface area contributed by atoms with Crippen LogP contribution in [0.4, 0.5) is 0 Å². The molecule has 1 amide bonds. The summed E-state index contributed by atoms with van der Waals surface area (Å²) >= 11 is 0. The van der Waals surface area contributed by atoms with Crippen molar-refractivity contribution < 1.29 is 19.4 Å².